The van der Waals surface area contributed by atoms with Crippen molar-refractivity contribution in [2.24, 2.45) is 0 Å². The molecule has 0 radical (unpaired) electrons. The third-order valence-electron chi connectivity index (χ3n) is 5.68. The molecule has 1 atom stereocenters. The van der Waals surface area contributed by atoms with E-state index in [9.17, 15) is 22.8 Å². The van der Waals surface area contributed by atoms with Crippen LogP contribution in [0.15, 0.2) is 0 Å². The summed E-state index contributed by atoms with van der Waals surface area (Å²) in [5.74, 6) is -0.342. The van der Waals surface area contributed by atoms with Crippen LogP contribution in [0.5, 0.6) is 0 Å². The van der Waals surface area contributed by atoms with Gasteiger partial charge in [0.2, 0.25) is 5.91 Å². The fraction of sp³-hybridized carbons (Fsp3) is 0.920. The summed E-state index contributed by atoms with van der Waals surface area (Å²) >= 11 is 0. The highest BCUT2D eigenvalue weighted by Gasteiger charge is 2.28. The molecule has 0 aliphatic heterocycles. The van der Waals surface area contributed by atoms with Crippen molar-refractivity contribution >= 4 is 11.9 Å². The summed E-state index contributed by atoms with van der Waals surface area (Å²) in [6.07, 6.45) is 4.40. The predicted molar refractivity (Wildman–Crippen MR) is 127 cm³/mol. The summed E-state index contributed by atoms with van der Waals surface area (Å²) in [6.45, 7) is 5.77. The number of hydrogen-bond acceptors (Lipinski definition) is 4. The Hall–Kier alpha value is -1.31. The minimum absolute atomic E-state index is 0.0345. The van der Waals surface area contributed by atoms with E-state index in [2.05, 4.69) is 6.92 Å². The summed E-state index contributed by atoms with van der Waals surface area (Å²) in [7, 11) is 3.86. The topological polar surface area (TPSA) is 49.9 Å². The Morgan fingerprint density at radius 2 is 1.45 bits per heavy atom. The van der Waals surface area contributed by atoms with Crippen LogP contribution in [0.3, 0.4) is 0 Å². The monoisotopic (exact) mass is 480 g/mol. The number of ether oxygens (including phenoxy) is 1. The van der Waals surface area contributed by atoms with E-state index in [4.69, 9.17) is 4.74 Å². The van der Waals surface area contributed by atoms with Crippen molar-refractivity contribution in [2.45, 2.75) is 116 Å². The average molecular weight is 481 g/mol. The fourth-order valence-corrected chi connectivity index (χ4v) is 3.78. The molecule has 0 fully saturated rings. The molecule has 0 N–H and O–H groups in total. The summed E-state index contributed by atoms with van der Waals surface area (Å²) in [5.41, 5.74) is 0. The molecule has 0 saturated carbocycles. The van der Waals surface area contributed by atoms with Crippen molar-refractivity contribution in [3.8, 4) is 0 Å². The van der Waals surface area contributed by atoms with Crippen molar-refractivity contribution in [1.82, 2.24) is 9.80 Å². The Morgan fingerprint density at radius 1 is 0.818 bits per heavy atom. The van der Waals surface area contributed by atoms with Gasteiger partial charge < -0.3 is 14.5 Å². The molecule has 0 aliphatic rings. The number of rotatable bonds is 20. The molecule has 0 spiro atoms. The molecule has 0 saturated heterocycles. The van der Waals surface area contributed by atoms with Gasteiger partial charge in [0, 0.05) is 38.4 Å². The van der Waals surface area contributed by atoms with E-state index < -0.39 is 12.6 Å². The molecule has 8 heteroatoms. The lowest BCUT2D eigenvalue weighted by Gasteiger charge is -2.33. The second-order valence-electron chi connectivity index (χ2n) is 9.18. The zero-order valence-corrected chi connectivity index (χ0v) is 21.4. The van der Waals surface area contributed by atoms with Gasteiger partial charge in [-0.2, -0.15) is 13.2 Å². The normalized spacial score (nSPS) is 12.7. The quantitative estimate of drug-likeness (QED) is 0.150. The van der Waals surface area contributed by atoms with Gasteiger partial charge in [0.15, 0.2) is 0 Å². The molecule has 5 nitrogen and oxygen atoms in total. The second kappa shape index (κ2) is 19.0. The van der Waals surface area contributed by atoms with Crippen molar-refractivity contribution in [1.29, 1.82) is 0 Å². The van der Waals surface area contributed by atoms with E-state index in [0.29, 0.717) is 26.1 Å². The van der Waals surface area contributed by atoms with E-state index >= 15 is 0 Å². The molecular weight excluding hydrogens is 433 g/mol. The summed E-state index contributed by atoms with van der Waals surface area (Å²) in [6, 6.07) is 0.0345. The van der Waals surface area contributed by atoms with E-state index in [-0.39, 0.29) is 30.8 Å². The first kappa shape index (κ1) is 31.7. The standard InChI is InChI=1S/C25H47F3N2O3/c1-5-7-8-10-14-22(15-11-9-12-17-24(32)33-21-6-2)30(20-19-29(3)4)23(31)16-13-18-25(26,27)28/h22H,5-21H2,1-4H3. The smallest absolute Gasteiger partial charge is 0.389 e. The molecule has 1 unspecified atom stereocenters. The minimum atomic E-state index is -4.23. The Kier molecular flexibility index (Phi) is 18.3. The van der Waals surface area contributed by atoms with Gasteiger partial charge in [0.05, 0.1) is 6.61 Å². The third kappa shape index (κ3) is 18.8. The Bertz CT molecular complexity index is 514. The molecule has 0 aromatic carbocycles. The molecule has 0 aliphatic carbocycles. The average Bonchev–Trinajstić information content (AvgIpc) is 2.73. The fourth-order valence-electron chi connectivity index (χ4n) is 3.78. The van der Waals surface area contributed by atoms with Crippen LogP contribution >= 0.6 is 0 Å². The molecule has 196 valence electrons. The van der Waals surface area contributed by atoms with E-state index in [1.54, 1.807) is 0 Å². The summed E-state index contributed by atoms with van der Waals surface area (Å²) in [5, 5.41) is 0. The van der Waals surface area contributed by atoms with Crippen LogP contribution < -0.4 is 0 Å². The number of hydrogen-bond donors (Lipinski definition) is 0. The van der Waals surface area contributed by atoms with Gasteiger partial charge in [0.25, 0.3) is 0 Å². The number of likely N-dealkylation sites (N-methyl/N-ethyl adjacent to an activating group) is 1. The highest BCUT2D eigenvalue weighted by molar-refractivity contribution is 5.76. The maximum absolute atomic E-state index is 12.9. The largest absolute Gasteiger partial charge is 0.466 e. The minimum Gasteiger partial charge on any atom is -0.466 e. The molecule has 0 rings (SSSR count). The molecule has 0 aromatic rings. The van der Waals surface area contributed by atoms with Crippen LogP contribution in [0, 0.1) is 0 Å². The second-order valence-corrected chi connectivity index (χ2v) is 9.18. The maximum atomic E-state index is 12.9. The number of unbranched alkanes of at least 4 members (excludes halogenated alkanes) is 5. The van der Waals surface area contributed by atoms with Crippen LogP contribution in [-0.4, -0.2) is 67.7 Å². The van der Waals surface area contributed by atoms with Crippen LogP contribution in [0.4, 0.5) is 13.2 Å². The Balaban J connectivity index is 4.92. The van der Waals surface area contributed by atoms with E-state index in [1.165, 1.54) is 0 Å². The molecule has 0 heterocycles. The maximum Gasteiger partial charge on any atom is 0.389 e. The van der Waals surface area contributed by atoms with Crippen LogP contribution in [0.1, 0.15) is 104 Å². The van der Waals surface area contributed by atoms with Gasteiger partial charge in [-0.15, -0.1) is 0 Å². The Labute approximate surface area is 199 Å². The molecule has 33 heavy (non-hydrogen) atoms. The molecular formula is C25H47F3N2O3. The van der Waals surface area contributed by atoms with E-state index in [0.717, 1.165) is 64.2 Å². The van der Waals surface area contributed by atoms with Gasteiger partial charge >= 0.3 is 12.1 Å². The number of halogens is 3. The first-order valence-corrected chi connectivity index (χ1v) is 12.8. The molecule has 0 bridgehead atoms. The SMILES string of the molecule is CCCCCCC(CCCCCC(=O)OCCC)N(CCN(C)C)C(=O)CCCC(F)(F)F. The number of esters is 1. The van der Waals surface area contributed by atoms with Crippen molar-refractivity contribution in [2.75, 3.05) is 33.8 Å². The van der Waals surface area contributed by atoms with Gasteiger partial charge in [-0.05, 0) is 46.2 Å². The van der Waals surface area contributed by atoms with Crippen LogP contribution in [-0.2, 0) is 14.3 Å². The Morgan fingerprint density at radius 3 is 2.00 bits per heavy atom. The number of amides is 1. The van der Waals surface area contributed by atoms with E-state index in [1.807, 2.05) is 30.8 Å². The summed E-state index contributed by atoms with van der Waals surface area (Å²) in [4.78, 5) is 28.4. The number of carbonyl (C=O) groups excluding carboxylic acids is 2. The number of alkyl halides is 3. The third-order valence-corrected chi connectivity index (χ3v) is 5.68. The lowest BCUT2D eigenvalue weighted by Crippen LogP contribution is -2.44. The van der Waals surface area contributed by atoms with Crippen LogP contribution in [0.2, 0.25) is 0 Å². The number of carbonyl (C=O) groups is 2. The van der Waals surface area contributed by atoms with Crippen LogP contribution in [0.25, 0.3) is 0 Å². The van der Waals surface area contributed by atoms with Gasteiger partial charge in [-0.3, -0.25) is 9.59 Å². The van der Waals surface area contributed by atoms with Gasteiger partial charge in [-0.1, -0.05) is 52.4 Å². The first-order valence-electron chi connectivity index (χ1n) is 12.8. The molecule has 0 aromatic heterocycles. The summed E-state index contributed by atoms with van der Waals surface area (Å²) < 4.78 is 42.8. The van der Waals surface area contributed by atoms with Crippen molar-refractivity contribution < 1.29 is 27.5 Å². The number of nitrogens with zero attached hydrogens (tertiary/aromatic N) is 2. The highest BCUT2D eigenvalue weighted by Crippen LogP contribution is 2.24. The lowest BCUT2D eigenvalue weighted by molar-refractivity contribution is -0.144. The van der Waals surface area contributed by atoms with Gasteiger partial charge in [0.1, 0.15) is 0 Å². The van der Waals surface area contributed by atoms with Crippen molar-refractivity contribution in [3.63, 3.8) is 0 Å². The predicted octanol–water partition coefficient (Wildman–Crippen LogP) is 6.35. The highest BCUT2D eigenvalue weighted by atomic mass is 19.4. The van der Waals surface area contributed by atoms with Gasteiger partial charge in [-0.25, -0.2) is 0 Å². The lowest BCUT2D eigenvalue weighted by atomic mass is 9.98. The van der Waals surface area contributed by atoms with Crippen molar-refractivity contribution in [3.05, 3.63) is 0 Å². The molecule has 1 amide bonds. The zero-order chi connectivity index (χ0) is 25.1. The first-order chi connectivity index (χ1) is 15.6. The zero-order valence-electron chi connectivity index (χ0n) is 21.4.